The van der Waals surface area contributed by atoms with Gasteiger partial charge in [-0.15, -0.1) is 0 Å². The fourth-order valence-corrected chi connectivity index (χ4v) is 2.45. The first-order valence-electron chi connectivity index (χ1n) is 6.46. The van der Waals surface area contributed by atoms with Gasteiger partial charge in [0.05, 0.1) is 4.90 Å². The van der Waals surface area contributed by atoms with Gasteiger partial charge in [-0.05, 0) is 24.1 Å². The van der Waals surface area contributed by atoms with Crippen LogP contribution in [-0.2, 0) is 9.84 Å². The summed E-state index contributed by atoms with van der Waals surface area (Å²) in [5.41, 5.74) is 0.383. The summed E-state index contributed by atoms with van der Waals surface area (Å²) in [5.74, 6) is 0.236. The highest BCUT2D eigenvalue weighted by Gasteiger charge is 2.12. The van der Waals surface area contributed by atoms with E-state index in [4.69, 9.17) is 0 Å². The first-order valence-corrected chi connectivity index (χ1v) is 8.36. The Balaban J connectivity index is 2.78. The van der Waals surface area contributed by atoms with Crippen LogP contribution in [0.25, 0.3) is 0 Å². The average molecular weight is 283 g/mol. The van der Waals surface area contributed by atoms with Gasteiger partial charge in [0.25, 0.3) is 5.91 Å². The minimum atomic E-state index is -3.28. The van der Waals surface area contributed by atoms with E-state index in [0.29, 0.717) is 18.0 Å². The SMILES string of the molecule is CCC(CC)CNC(=O)c1cccc(S(C)(=O)=O)c1. The molecule has 0 unspecified atom stereocenters. The first kappa shape index (κ1) is 15.7. The van der Waals surface area contributed by atoms with Gasteiger partial charge < -0.3 is 5.32 Å². The number of amides is 1. The zero-order valence-electron chi connectivity index (χ0n) is 11.6. The molecule has 0 aromatic heterocycles. The number of sulfone groups is 1. The number of nitrogens with one attached hydrogen (secondary N) is 1. The van der Waals surface area contributed by atoms with E-state index in [1.165, 1.54) is 12.1 Å². The molecule has 4 nitrogen and oxygen atoms in total. The van der Waals surface area contributed by atoms with Crippen LogP contribution in [-0.4, -0.2) is 27.1 Å². The fourth-order valence-electron chi connectivity index (χ4n) is 1.78. The molecule has 0 aliphatic heterocycles. The van der Waals surface area contributed by atoms with Crippen molar-refractivity contribution in [2.24, 2.45) is 5.92 Å². The molecular formula is C14H21NO3S. The van der Waals surface area contributed by atoms with Crippen LogP contribution in [0, 0.1) is 5.92 Å². The third-order valence-electron chi connectivity index (χ3n) is 3.23. The third kappa shape index (κ3) is 4.67. The molecule has 1 amide bonds. The zero-order chi connectivity index (χ0) is 14.5. The minimum Gasteiger partial charge on any atom is -0.352 e. The summed E-state index contributed by atoms with van der Waals surface area (Å²) < 4.78 is 22.9. The maximum atomic E-state index is 12.0. The summed E-state index contributed by atoms with van der Waals surface area (Å²) >= 11 is 0. The molecule has 0 aliphatic rings. The molecule has 19 heavy (non-hydrogen) atoms. The normalized spacial score (nSPS) is 11.6. The summed E-state index contributed by atoms with van der Waals surface area (Å²) in [5, 5.41) is 2.85. The van der Waals surface area contributed by atoms with Gasteiger partial charge in [-0.2, -0.15) is 0 Å². The van der Waals surface area contributed by atoms with Crippen molar-refractivity contribution in [1.82, 2.24) is 5.32 Å². The molecule has 0 aliphatic carbocycles. The molecular weight excluding hydrogens is 262 g/mol. The molecule has 0 fully saturated rings. The summed E-state index contributed by atoms with van der Waals surface area (Å²) in [4.78, 5) is 12.1. The van der Waals surface area contributed by atoms with Crippen molar-refractivity contribution in [1.29, 1.82) is 0 Å². The van der Waals surface area contributed by atoms with Crippen LogP contribution in [0.15, 0.2) is 29.2 Å². The molecule has 0 radical (unpaired) electrons. The van der Waals surface area contributed by atoms with Gasteiger partial charge in [0.2, 0.25) is 0 Å². The van der Waals surface area contributed by atoms with Crippen molar-refractivity contribution >= 4 is 15.7 Å². The number of carbonyl (C=O) groups excluding carboxylic acids is 1. The molecule has 0 bridgehead atoms. The Morgan fingerprint density at radius 2 is 1.89 bits per heavy atom. The maximum Gasteiger partial charge on any atom is 0.251 e. The van der Waals surface area contributed by atoms with Gasteiger partial charge in [0.1, 0.15) is 0 Å². The van der Waals surface area contributed by atoms with E-state index in [0.717, 1.165) is 19.1 Å². The van der Waals surface area contributed by atoms with Crippen LogP contribution in [0.1, 0.15) is 37.0 Å². The Morgan fingerprint density at radius 1 is 1.26 bits per heavy atom. The van der Waals surface area contributed by atoms with Crippen LogP contribution in [0.2, 0.25) is 0 Å². The number of carbonyl (C=O) groups is 1. The lowest BCUT2D eigenvalue weighted by Crippen LogP contribution is -2.29. The van der Waals surface area contributed by atoms with Crippen LogP contribution in [0.4, 0.5) is 0 Å². The molecule has 0 spiro atoms. The molecule has 1 N–H and O–H groups in total. The van der Waals surface area contributed by atoms with Gasteiger partial charge >= 0.3 is 0 Å². The molecule has 1 rings (SSSR count). The molecule has 1 aromatic carbocycles. The lowest BCUT2D eigenvalue weighted by atomic mass is 10.0. The highest BCUT2D eigenvalue weighted by Crippen LogP contribution is 2.12. The molecule has 106 valence electrons. The van der Waals surface area contributed by atoms with Crippen LogP contribution >= 0.6 is 0 Å². The van der Waals surface area contributed by atoms with Crippen LogP contribution in [0.5, 0.6) is 0 Å². The summed E-state index contributed by atoms with van der Waals surface area (Å²) in [6.45, 7) is 4.80. The monoisotopic (exact) mass is 283 g/mol. The quantitative estimate of drug-likeness (QED) is 0.871. The molecule has 5 heteroatoms. The molecule has 1 aromatic rings. The zero-order valence-corrected chi connectivity index (χ0v) is 12.5. The average Bonchev–Trinajstić information content (AvgIpc) is 2.39. The molecule has 0 atom stereocenters. The van der Waals surface area contributed by atoms with Gasteiger partial charge in [-0.1, -0.05) is 32.8 Å². The van der Waals surface area contributed by atoms with E-state index in [9.17, 15) is 13.2 Å². The smallest absolute Gasteiger partial charge is 0.251 e. The lowest BCUT2D eigenvalue weighted by Gasteiger charge is -2.13. The second-order valence-electron chi connectivity index (χ2n) is 4.69. The Labute approximate surface area is 115 Å². The van der Waals surface area contributed by atoms with Crippen molar-refractivity contribution in [3.05, 3.63) is 29.8 Å². The first-order chi connectivity index (χ1) is 8.88. The number of hydrogen-bond donors (Lipinski definition) is 1. The van der Waals surface area contributed by atoms with E-state index in [-0.39, 0.29) is 10.8 Å². The van der Waals surface area contributed by atoms with Crippen LogP contribution in [0.3, 0.4) is 0 Å². The van der Waals surface area contributed by atoms with Gasteiger partial charge in [0.15, 0.2) is 9.84 Å². The second kappa shape index (κ2) is 6.70. The Kier molecular flexibility index (Phi) is 5.54. The van der Waals surface area contributed by atoms with Crippen molar-refractivity contribution in [3.8, 4) is 0 Å². The third-order valence-corrected chi connectivity index (χ3v) is 4.34. The van der Waals surface area contributed by atoms with E-state index >= 15 is 0 Å². The summed E-state index contributed by atoms with van der Waals surface area (Å²) in [6, 6.07) is 6.11. The predicted octanol–water partition coefficient (Wildman–Crippen LogP) is 2.26. The standard InChI is InChI=1S/C14H21NO3S/c1-4-11(5-2)10-15-14(16)12-7-6-8-13(9-12)19(3,17)18/h6-9,11H,4-5,10H2,1-3H3,(H,15,16). The van der Waals surface area contributed by atoms with Crippen molar-refractivity contribution in [2.45, 2.75) is 31.6 Å². The number of rotatable bonds is 6. The largest absolute Gasteiger partial charge is 0.352 e. The van der Waals surface area contributed by atoms with E-state index in [1.807, 2.05) is 0 Å². The Hall–Kier alpha value is -1.36. The topological polar surface area (TPSA) is 63.2 Å². The van der Waals surface area contributed by atoms with Gasteiger partial charge in [0, 0.05) is 18.4 Å². The van der Waals surface area contributed by atoms with Crippen LogP contribution < -0.4 is 5.32 Å². The highest BCUT2D eigenvalue weighted by molar-refractivity contribution is 7.90. The number of hydrogen-bond acceptors (Lipinski definition) is 3. The highest BCUT2D eigenvalue weighted by atomic mass is 32.2. The van der Waals surface area contributed by atoms with Gasteiger partial charge in [-0.3, -0.25) is 4.79 Å². The maximum absolute atomic E-state index is 12.0. The van der Waals surface area contributed by atoms with Crippen molar-refractivity contribution in [2.75, 3.05) is 12.8 Å². The van der Waals surface area contributed by atoms with E-state index in [2.05, 4.69) is 19.2 Å². The Morgan fingerprint density at radius 3 is 2.42 bits per heavy atom. The Bertz CT molecular complexity index is 533. The molecule has 0 saturated heterocycles. The lowest BCUT2D eigenvalue weighted by molar-refractivity contribution is 0.0946. The minimum absolute atomic E-state index is 0.169. The second-order valence-corrected chi connectivity index (χ2v) is 6.71. The van der Waals surface area contributed by atoms with Gasteiger partial charge in [-0.25, -0.2) is 8.42 Å². The summed E-state index contributed by atoms with van der Waals surface area (Å²) in [7, 11) is -3.28. The van der Waals surface area contributed by atoms with E-state index < -0.39 is 9.84 Å². The number of benzene rings is 1. The molecule has 0 saturated carbocycles. The van der Waals surface area contributed by atoms with E-state index in [1.54, 1.807) is 12.1 Å². The summed E-state index contributed by atoms with van der Waals surface area (Å²) in [6.07, 6.45) is 3.16. The molecule has 0 heterocycles. The van der Waals surface area contributed by atoms with Crippen molar-refractivity contribution < 1.29 is 13.2 Å². The predicted molar refractivity (Wildman–Crippen MR) is 76.0 cm³/mol. The fraction of sp³-hybridized carbons (Fsp3) is 0.500. The van der Waals surface area contributed by atoms with Crippen molar-refractivity contribution in [3.63, 3.8) is 0 Å².